The average Bonchev–Trinajstić information content (AvgIpc) is 3.53. The van der Waals surface area contributed by atoms with Crippen LogP contribution in [0, 0.1) is 6.92 Å². The molecule has 0 saturated heterocycles. The first kappa shape index (κ1) is 22.5. The predicted molar refractivity (Wildman–Crippen MR) is 126 cm³/mol. The summed E-state index contributed by atoms with van der Waals surface area (Å²) in [6, 6.07) is 4.40. The normalized spacial score (nSPS) is 11.6. The van der Waals surface area contributed by atoms with Crippen molar-refractivity contribution < 1.29 is 18.4 Å². The number of nitrogens with zero attached hydrogens (tertiary/aromatic N) is 6. The minimum atomic E-state index is -2.85. The average molecular weight is 497 g/mol. The Labute approximate surface area is 200 Å². The highest BCUT2D eigenvalue weighted by molar-refractivity contribution is 7.21. The van der Waals surface area contributed by atoms with Gasteiger partial charge in [-0.25, -0.2) is 23.3 Å². The first-order valence-corrected chi connectivity index (χ1v) is 11.3. The highest BCUT2D eigenvalue weighted by Crippen LogP contribution is 2.43. The number of halogens is 2. The SMILES string of the molecule is CCn1cc(-c2cc(C(F)F)nc3sc(C(N)=O)c(NC(=O)c4cc5ncccn5n4)c23)c(C)n1. The van der Waals surface area contributed by atoms with Crippen molar-refractivity contribution >= 4 is 44.7 Å². The second-order valence-corrected chi connectivity index (χ2v) is 8.64. The molecule has 35 heavy (non-hydrogen) atoms. The zero-order valence-electron chi connectivity index (χ0n) is 18.5. The van der Waals surface area contributed by atoms with Crippen molar-refractivity contribution in [2.45, 2.75) is 26.8 Å². The summed E-state index contributed by atoms with van der Waals surface area (Å²) in [5.74, 6) is -1.45. The molecule has 178 valence electrons. The maximum Gasteiger partial charge on any atom is 0.280 e. The maximum atomic E-state index is 13.7. The van der Waals surface area contributed by atoms with E-state index in [9.17, 15) is 18.4 Å². The number of pyridine rings is 1. The second-order valence-electron chi connectivity index (χ2n) is 7.64. The molecule has 0 aliphatic carbocycles. The lowest BCUT2D eigenvalue weighted by atomic mass is 10.0. The fourth-order valence-corrected chi connectivity index (χ4v) is 4.81. The summed E-state index contributed by atoms with van der Waals surface area (Å²) in [5.41, 5.74) is 7.24. The molecule has 5 heterocycles. The molecule has 0 fully saturated rings. The van der Waals surface area contributed by atoms with Crippen LogP contribution >= 0.6 is 11.3 Å². The molecule has 0 radical (unpaired) electrons. The number of aryl methyl sites for hydroxylation is 2. The molecule has 5 rings (SSSR count). The van der Waals surface area contributed by atoms with Crippen molar-refractivity contribution in [3.8, 4) is 11.1 Å². The van der Waals surface area contributed by atoms with Gasteiger partial charge in [0.2, 0.25) is 0 Å². The molecular formula is C22H18F2N8O2S. The number of aromatic nitrogens is 6. The van der Waals surface area contributed by atoms with Crippen LogP contribution in [0.2, 0.25) is 0 Å². The van der Waals surface area contributed by atoms with E-state index in [2.05, 4.69) is 25.5 Å². The zero-order valence-corrected chi connectivity index (χ0v) is 19.3. The van der Waals surface area contributed by atoms with Gasteiger partial charge in [0.15, 0.2) is 11.3 Å². The largest absolute Gasteiger partial charge is 0.365 e. The number of anilines is 1. The van der Waals surface area contributed by atoms with Gasteiger partial charge in [-0.05, 0) is 31.5 Å². The van der Waals surface area contributed by atoms with E-state index in [-0.39, 0.29) is 21.1 Å². The number of alkyl halides is 2. The number of thiophene rings is 1. The summed E-state index contributed by atoms with van der Waals surface area (Å²) < 4.78 is 30.5. The van der Waals surface area contributed by atoms with Crippen LogP contribution in [0.5, 0.6) is 0 Å². The molecule has 3 N–H and O–H groups in total. The van der Waals surface area contributed by atoms with Crippen molar-refractivity contribution in [1.29, 1.82) is 0 Å². The van der Waals surface area contributed by atoms with Crippen LogP contribution in [-0.2, 0) is 6.54 Å². The first-order valence-electron chi connectivity index (χ1n) is 10.5. The van der Waals surface area contributed by atoms with Crippen molar-refractivity contribution in [1.82, 2.24) is 29.4 Å². The minimum absolute atomic E-state index is 0.0176. The topological polar surface area (TPSA) is 133 Å². The monoisotopic (exact) mass is 496 g/mol. The second kappa shape index (κ2) is 8.51. The Kier molecular flexibility index (Phi) is 5.47. The van der Waals surface area contributed by atoms with E-state index in [1.54, 1.807) is 36.3 Å². The highest BCUT2D eigenvalue weighted by atomic mass is 32.1. The van der Waals surface area contributed by atoms with Gasteiger partial charge < -0.3 is 11.1 Å². The molecule has 0 aromatic carbocycles. The van der Waals surface area contributed by atoms with Crippen molar-refractivity contribution in [2.24, 2.45) is 5.73 Å². The molecule has 13 heteroatoms. The summed E-state index contributed by atoms with van der Waals surface area (Å²) in [6.07, 6.45) is 2.08. The third-order valence-corrected chi connectivity index (χ3v) is 6.50. The molecule has 5 aromatic rings. The fourth-order valence-electron chi connectivity index (χ4n) is 3.80. The lowest BCUT2D eigenvalue weighted by Gasteiger charge is -2.10. The first-order chi connectivity index (χ1) is 16.8. The number of nitrogens with two attached hydrogens (primary N) is 1. The Morgan fingerprint density at radius 1 is 1.23 bits per heavy atom. The van der Waals surface area contributed by atoms with Gasteiger partial charge >= 0.3 is 0 Å². The number of hydrogen-bond donors (Lipinski definition) is 2. The summed E-state index contributed by atoms with van der Waals surface area (Å²) in [6.45, 7) is 4.21. The van der Waals surface area contributed by atoms with Crippen LogP contribution in [0.25, 0.3) is 27.0 Å². The van der Waals surface area contributed by atoms with Gasteiger partial charge in [-0.15, -0.1) is 11.3 Å². The maximum absolute atomic E-state index is 13.7. The lowest BCUT2D eigenvalue weighted by molar-refractivity contribution is 0.100. The van der Waals surface area contributed by atoms with Crippen molar-refractivity contribution in [2.75, 3.05) is 5.32 Å². The third-order valence-electron chi connectivity index (χ3n) is 5.40. The van der Waals surface area contributed by atoms with Crippen molar-refractivity contribution in [3.05, 3.63) is 58.7 Å². The van der Waals surface area contributed by atoms with E-state index in [0.29, 0.717) is 34.4 Å². The number of carbonyl (C=O) groups is 2. The number of primary amides is 1. The number of hydrogen-bond acceptors (Lipinski definition) is 7. The molecule has 0 saturated carbocycles. The molecule has 10 nitrogen and oxygen atoms in total. The number of nitrogens with one attached hydrogen (secondary N) is 1. The van der Waals surface area contributed by atoms with Crippen LogP contribution in [0.4, 0.5) is 14.5 Å². The van der Waals surface area contributed by atoms with E-state index in [1.165, 1.54) is 16.6 Å². The molecule has 0 unspecified atom stereocenters. The van der Waals surface area contributed by atoms with Gasteiger partial charge in [-0.2, -0.15) is 10.2 Å². The summed E-state index contributed by atoms with van der Waals surface area (Å²) in [5, 5.41) is 11.6. The number of amides is 2. The van der Waals surface area contributed by atoms with E-state index in [0.717, 1.165) is 11.3 Å². The van der Waals surface area contributed by atoms with Gasteiger partial charge in [-0.1, -0.05) is 0 Å². The third kappa shape index (κ3) is 3.89. The van der Waals surface area contributed by atoms with Gasteiger partial charge in [0.1, 0.15) is 15.4 Å². The van der Waals surface area contributed by atoms with Crippen LogP contribution in [-0.4, -0.2) is 41.2 Å². The van der Waals surface area contributed by atoms with Gasteiger partial charge in [0, 0.05) is 42.2 Å². The highest BCUT2D eigenvalue weighted by Gasteiger charge is 2.27. The number of rotatable bonds is 6. The number of fused-ring (bicyclic) bond motifs is 2. The van der Waals surface area contributed by atoms with E-state index < -0.39 is 23.9 Å². The van der Waals surface area contributed by atoms with Gasteiger partial charge in [0.05, 0.1) is 11.4 Å². The lowest BCUT2D eigenvalue weighted by Crippen LogP contribution is -2.17. The van der Waals surface area contributed by atoms with E-state index in [1.807, 2.05) is 6.92 Å². The molecule has 5 aromatic heterocycles. The van der Waals surface area contributed by atoms with Crippen LogP contribution in [0.15, 0.2) is 36.8 Å². The van der Waals surface area contributed by atoms with Crippen molar-refractivity contribution in [3.63, 3.8) is 0 Å². The zero-order chi connectivity index (χ0) is 24.9. The molecular weight excluding hydrogens is 478 g/mol. The summed E-state index contributed by atoms with van der Waals surface area (Å²) >= 11 is 0.834. The molecule has 0 atom stereocenters. The molecule has 0 bridgehead atoms. The van der Waals surface area contributed by atoms with E-state index >= 15 is 0 Å². The molecule has 0 aliphatic rings. The fraction of sp³-hybridized carbons (Fsp3) is 0.182. The Morgan fingerprint density at radius 3 is 2.69 bits per heavy atom. The van der Waals surface area contributed by atoms with Gasteiger partial charge in [-0.3, -0.25) is 14.3 Å². The minimum Gasteiger partial charge on any atom is -0.365 e. The smallest absolute Gasteiger partial charge is 0.280 e. The summed E-state index contributed by atoms with van der Waals surface area (Å²) in [4.78, 5) is 33.7. The molecule has 0 aliphatic heterocycles. The molecule has 0 spiro atoms. The Bertz CT molecular complexity index is 1590. The van der Waals surface area contributed by atoms with Gasteiger partial charge in [0.25, 0.3) is 18.2 Å². The van der Waals surface area contributed by atoms with Crippen LogP contribution < -0.4 is 11.1 Å². The van der Waals surface area contributed by atoms with E-state index in [4.69, 9.17) is 5.73 Å². The Morgan fingerprint density at radius 2 is 2.03 bits per heavy atom. The number of carbonyl (C=O) groups excluding carboxylic acids is 2. The Hall–Kier alpha value is -4.26. The summed E-state index contributed by atoms with van der Waals surface area (Å²) in [7, 11) is 0. The Balaban J connectivity index is 1.72. The predicted octanol–water partition coefficient (Wildman–Crippen LogP) is 3.82. The quantitative estimate of drug-likeness (QED) is 0.367. The van der Waals surface area contributed by atoms with Crippen LogP contribution in [0.1, 0.15) is 44.9 Å². The molecule has 2 amide bonds. The standard InChI is InChI=1S/C22H18F2N8O2S/c1-3-31-9-12(10(2)29-31)11-7-13(19(23)24)27-22-16(11)17(18(35-22)20(25)33)28-21(34)14-8-15-26-5-4-6-32(15)30-14/h4-9,19H,3H2,1-2H3,(H2,25,33)(H,28,34). The van der Waals surface area contributed by atoms with Crippen LogP contribution in [0.3, 0.4) is 0 Å².